The van der Waals surface area contributed by atoms with Gasteiger partial charge in [-0.3, -0.25) is 4.79 Å². The van der Waals surface area contributed by atoms with Crippen LogP contribution >= 0.6 is 0 Å². The number of aryl methyl sites for hydroxylation is 1. The van der Waals surface area contributed by atoms with Crippen molar-refractivity contribution in [3.05, 3.63) is 17.8 Å². The van der Waals surface area contributed by atoms with Crippen molar-refractivity contribution in [3.8, 4) is 0 Å². The summed E-state index contributed by atoms with van der Waals surface area (Å²) < 4.78 is 5.81. The molecule has 3 rings (SSSR count). The first kappa shape index (κ1) is 17.1. The summed E-state index contributed by atoms with van der Waals surface area (Å²) in [5.74, 6) is 1.22. The normalized spacial score (nSPS) is 25.4. The maximum Gasteiger partial charge on any atom is 0.228 e. The second-order valence-corrected chi connectivity index (χ2v) is 6.77. The van der Waals surface area contributed by atoms with Crippen LogP contribution in [0.5, 0.6) is 0 Å². The number of carbonyl (C=O) groups is 1. The fourth-order valence-corrected chi connectivity index (χ4v) is 3.69. The second kappa shape index (κ2) is 7.92. The lowest BCUT2D eigenvalue weighted by atomic mass is 9.91. The minimum absolute atomic E-state index is 0.0365. The third kappa shape index (κ3) is 3.86. The summed E-state index contributed by atoms with van der Waals surface area (Å²) in [6.07, 6.45) is 3.92. The first-order valence-corrected chi connectivity index (χ1v) is 9.14. The number of amides is 1. The standard InChI is InChI=1S/C18H28N4O2/c1-3-16-15(6-4-13-24-16)18(23)22-10-5-9-21(11-12-22)17-8-7-14(2)19-20-17/h7-8,15-16H,3-6,9-13H2,1-2H3/t15-,16-/m1/s1. The molecule has 1 aromatic rings. The molecule has 0 aliphatic carbocycles. The van der Waals surface area contributed by atoms with E-state index in [2.05, 4.69) is 22.0 Å². The summed E-state index contributed by atoms with van der Waals surface area (Å²) >= 11 is 0. The zero-order chi connectivity index (χ0) is 16.9. The summed E-state index contributed by atoms with van der Waals surface area (Å²) in [5.41, 5.74) is 0.924. The Kier molecular flexibility index (Phi) is 5.66. The van der Waals surface area contributed by atoms with E-state index in [0.717, 1.165) is 70.0 Å². The number of carbonyl (C=O) groups excluding carboxylic acids is 1. The Morgan fingerprint density at radius 2 is 2.08 bits per heavy atom. The predicted octanol–water partition coefficient (Wildman–Crippen LogP) is 2.03. The molecule has 0 saturated carbocycles. The van der Waals surface area contributed by atoms with Crippen LogP contribution in [0.25, 0.3) is 0 Å². The quantitative estimate of drug-likeness (QED) is 0.848. The molecule has 6 heteroatoms. The number of anilines is 1. The lowest BCUT2D eigenvalue weighted by molar-refractivity contribution is -0.145. The van der Waals surface area contributed by atoms with Gasteiger partial charge >= 0.3 is 0 Å². The van der Waals surface area contributed by atoms with Crippen LogP contribution in [0.1, 0.15) is 38.3 Å². The van der Waals surface area contributed by atoms with Gasteiger partial charge in [-0.1, -0.05) is 6.92 Å². The third-order valence-corrected chi connectivity index (χ3v) is 5.08. The van der Waals surface area contributed by atoms with Crippen molar-refractivity contribution >= 4 is 11.7 Å². The molecule has 1 aromatic heterocycles. The lowest BCUT2D eigenvalue weighted by Crippen LogP contribution is -2.45. The van der Waals surface area contributed by atoms with Gasteiger partial charge in [-0.2, -0.15) is 5.10 Å². The van der Waals surface area contributed by atoms with Crippen LogP contribution in [0.4, 0.5) is 5.82 Å². The van der Waals surface area contributed by atoms with E-state index in [1.807, 2.05) is 24.0 Å². The minimum Gasteiger partial charge on any atom is -0.377 e. The van der Waals surface area contributed by atoms with Crippen molar-refractivity contribution < 1.29 is 9.53 Å². The molecule has 2 fully saturated rings. The second-order valence-electron chi connectivity index (χ2n) is 6.77. The molecular weight excluding hydrogens is 304 g/mol. The summed E-state index contributed by atoms with van der Waals surface area (Å²) in [6.45, 7) is 8.14. The van der Waals surface area contributed by atoms with Crippen LogP contribution < -0.4 is 4.90 Å². The van der Waals surface area contributed by atoms with Gasteiger partial charge in [0, 0.05) is 32.8 Å². The number of hydrogen-bond acceptors (Lipinski definition) is 5. The van der Waals surface area contributed by atoms with Gasteiger partial charge in [0.2, 0.25) is 5.91 Å². The van der Waals surface area contributed by atoms with E-state index in [4.69, 9.17) is 4.74 Å². The molecule has 0 aromatic carbocycles. The van der Waals surface area contributed by atoms with Crippen molar-refractivity contribution in [1.82, 2.24) is 15.1 Å². The van der Waals surface area contributed by atoms with Gasteiger partial charge in [0.05, 0.1) is 17.7 Å². The van der Waals surface area contributed by atoms with Gasteiger partial charge in [-0.05, 0) is 44.7 Å². The first-order valence-electron chi connectivity index (χ1n) is 9.14. The van der Waals surface area contributed by atoms with Gasteiger partial charge in [0.25, 0.3) is 0 Å². The fraction of sp³-hybridized carbons (Fsp3) is 0.722. The average Bonchev–Trinajstić information content (AvgIpc) is 2.88. The molecule has 1 amide bonds. The predicted molar refractivity (Wildman–Crippen MR) is 92.9 cm³/mol. The van der Waals surface area contributed by atoms with Crippen molar-refractivity contribution in [3.63, 3.8) is 0 Å². The molecule has 0 bridgehead atoms. The Morgan fingerprint density at radius 3 is 2.83 bits per heavy atom. The van der Waals surface area contributed by atoms with Gasteiger partial charge in [-0.25, -0.2) is 0 Å². The van der Waals surface area contributed by atoms with Gasteiger partial charge < -0.3 is 14.5 Å². The van der Waals surface area contributed by atoms with Crippen LogP contribution in [0.2, 0.25) is 0 Å². The Labute approximate surface area is 144 Å². The third-order valence-electron chi connectivity index (χ3n) is 5.08. The highest BCUT2D eigenvalue weighted by Crippen LogP contribution is 2.26. The maximum atomic E-state index is 13.0. The maximum absolute atomic E-state index is 13.0. The van der Waals surface area contributed by atoms with Crippen molar-refractivity contribution in [2.75, 3.05) is 37.7 Å². The van der Waals surface area contributed by atoms with Crippen molar-refractivity contribution in [2.45, 2.75) is 45.6 Å². The zero-order valence-electron chi connectivity index (χ0n) is 14.8. The van der Waals surface area contributed by atoms with E-state index in [9.17, 15) is 4.79 Å². The highest BCUT2D eigenvalue weighted by atomic mass is 16.5. The van der Waals surface area contributed by atoms with Crippen LogP contribution in [0.15, 0.2) is 12.1 Å². The molecular formula is C18H28N4O2. The number of rotatable bonds is 3. The molecule has 2 aliphatic heterocycles. The van der Waals surface area contributed by atoms with E-state index in [-0.39, 0.29) is 17.9 Å². The molecule has 0 radical (unpaired) electrons. The van der Waals surface area contributed by atoms with E-state index in [0.29, 0.717) is 0 Å². The number of aromatic nitrogens is 2. The van der Waals surface area contributed by atoms with E-state index < -0.39 is 0 Å². The van der Waals surface area contributed by atoms with E-state index in [1.165, 1.54) is 0 Å². The van der Waals surface area contributed by atoms with Gasteiger partial charge in [0.15, 0.2) is 5.82 Å². The SMILES string of the molecule is CC[C@H]1OCCC[C@H]1C(=O)N1CCCN(c2ccc(C)nn2)CC1. The van der Waals surface area contributed by atoms with E-state index in [1.54, 1.807) is 0 Å². The molecule has 0 unspecified atom stereocenters. The number of ether oxygens (including phenoxy) is 1. The highest BCUT2D eigenvalue weighted by Gasteiger charge is 2.34. The van der Waals surface area contributed by atoms with Gasteiger partial charge in [-0.15, -0.1) is 5.10 Å². The zero-order valence-corrected chi connectivity index (χ0v) is 14.8. The Hall–Kier alpha value is -1.69. The van der Waals surface area contributed by atoms with Crippen LogP contribution in [-0.4, -0.2) is 59.9 Å². The smallest absolute Gasteiger partial charge is 0.228 e. The molecule has 3 heterocycles. The average molecular weight is 332 g/mol. The number of hydrogen-bond donors (Lipinski definition) is 0. The molecule has 2 aliphatic rings. The topological polar surface area (TPSA) is 58.6 Å². The first-order chi connectivity index (χ1) is 11.7. The molecule has 132 valence electrons. The summed E-state index contributed by atoms with van der Waals surface area (Å²) in [5, 5.41) is 8.43. The van der Waals surface area contributed by atoms with Crippen LogP contribution in [-0.2, 0) is 9.53 Å². The highest BCUT2D eigenvalue weighted by molar-refractivity contribution is 5.79. The molecule has 6 nitrogen and oxygen atoms in total. The van der Waals surface area contributed by atoms with Crippen molar-refractivity contribution in [2.24, 2.45) is 5.92 Å². The van der Waals surface area contributed by atoms with Crippen molar-refractivity contribution in [1.29, 1.82) is 0 Å². The van der Waals surface area contributed by atoms with Crippen LogP contribution in [0, 0.1) is 12.8 Å². The summed E-state index contributed by atoms with van der Waals surface area (Å²) in [4.78, 5) is 17.2. The summed E-state index contributed by atoms with van der Waals surface area (Å²) in [6, 6.07) is 4.00. The monoisotopic (exact) mass is 332 g/mol. The minimum atomic E-state index is 0.0365. The molecule has 2 atom stereocenters. The molecule has 0 N–H and O–H groups in total. The Morgan fingerprint density at radius 1 is 1.21 bits per heavy atom. The lowest BCUT2D eigenvalue weighted by Gasteiger charge is -2.34. The molecule has 0 spiro atoms. The largest absolute Gasteiger partial charge is 0.377 e. The fourth-order valence-electron chi connectivity index (χ4n) is 3.69. The summed E-state index contributed by atoms with van der Waals surface area (Å²) in [7, 11) is 0. The Balaban J connectivity index is 1.62. The molecule has 24 heavy (non-hydrogen) atoms. The van der Waals surface area contributed by atoms with E-state index >= 15 is 0 Å². The number of nitrogens with zero attached hydrogens (tertiary/aromatic N) is 4. The Bertz CT molecular complexity index is 548. The molecule has 2 saturated heterocycles. The van der Waals surface area contributed by atoms with Crippen LogP contribution in [0.3, 0.4) is 0 Å². The van der Waals surface area contributed by atoms with Gasteiger partial charge in [0.1, 0.15) is 0 Å².